The molecule has 6 heteroatoms. The maximum absolute atomic E-state index is 11.9. The molecule has 2 aromatic rings. The molecule has 0 unspecified atom stereocenters. The van der Waals surface area contributed by atoms with Crippen molar-refractivity contribution in [2.24, 2.45) is 7.05 Å². The van der Waals surface area contributed by atoms with Crippen molar-refractivity contribution in [2.45, 2.75) is 25.3 Å². The smallest absolute Gasteiger partial charge is 0.273 e. The van der Waals surface area contributed by atoms with Crippen molar-refractivity contribution in [3.05, 3.63) is 43.2 Å². The topological polar surface area (TPSA) is 46.9 Å². The maximum Gasteiger partial charge on any atom is 0.273 e. The molecule has 0 aromatic carbocycles. The number of aryl methyl sites for hydroxylation is 1. The standard InChI is InChI=1S/C13H14BrN3OS/c1-17-7-9(14)4-11(13(17)18)15-5-10-6-16-12(19-10)8-2-3-8/h4,6-8,15H,2-3,5H2,1H3. The normalized spacial score (nSPS) is 14.6. The molecule has 0 radical (unpaired) electrons. The zero-order valence-electron chi connectivity index (χ0n) is 10.5. The second-order valence-corrected chi connectivity index (χ2v) is 6.84. The first kappa shape index (κ1) is 12.9. The number of pyridine rings is 1. The number of thiazole rings is 1. The monoisotopic (exact) mass is 339 g/mol. The minimum absolute atomic E-state index is 0.0184. The summed E-state index contributed by atoms with van der Waals surface area (Å²) < 4.78 is 2.45. The highest BCUT2D eigenvalue weighted by Gasteiger charge is 2.26. The summed E-state index contributed by atoms with van der Waals surface area (Å²) in [6.07, 6.45) is 6.21. The van der Waals surface area contributed by atoms with Gasteiger partial charge in [0.1, 0.15) is 5.69 Å². The summed E-state index contributed by atoms with van der Waals surface area (Å²) in [6.45, 7) is 0.649. The fraction of sp³-hybridized carbons (Fsp3) is 0.385. The van der Waals surface area contributed by atoms with Crippen LogP contribution in [0.4, 0.5) is 5.69 Å². The first-order chi connectivity index (χ1) is 9.13. The van der Waals surface area contributed by atoms with Crippen LogP contribution in [0.25, 0.3) is 0 Å². The Morgan fingerprint density at radius 3 is 3.11 bits per heavy atom. The van der Waals surface area contributed by atoms with Gasteiger partial charge in [0.05, 0.1) is 11.6 Å². The number of hydrogen-bond donors (Lipinski definition) is 1. The van der Waals surface area contributed by atoms with Crippen LogP contribution in [0.3, 0.4) is 0 Å². The summed E-state index contributed by atoms with van der Waals surface area (Å²) in [7, 11) is 1.75. The van der Waals surface area contributed by atoms with Crippen molar-refractivity contribution >= 4 is 33.0 Å². The van der Waals surface area contributed by atoms with E-state index < -0.39 is 0 Å². The van der Waals surface area contributed by atoms with E-state index in [-0.39, 0.29) is 5.56 Å². The van der Waals surface area contributed by atoms with Gasteiger partial charge < -0.3 is 9.88 Å². The lowest BCUT2D eigenvalue weighted by molar-refractivity contribution is 0.854. The second kappa shape index (κ2) is 5.09. The van der Waals surface area contributed by atoms with Crippen molar-refractivity contribution in [1.82, 2.24) is 9.55 Å². The summed E-state index contributed by atoms with van der Waals surface area (Å²) in [5.41, 5.74) is 0.591. The predicted molar refractivity (Wildman–Crippen MR) is 80.8 cm³/mol. The second-order valence-electron chi connectivity index (χ2n) is 4.78. The van der Waals surface area contributed by atoms with Gasteiger partial charge in [-0.2, -0.15) is 0 Å². The van der Waals surface area contributed by atoms with E-state index in [1.807, 2.05) is 12.3 Å². The number of aromatic nitrogens is 2. The van der Waals surface area contributed by atoms with Crippen molar-refractivity contribution in [2.75, 3.05) is 5.32 Å². The van der Waals surface area contributed by atoms with E-state index in [9.17, 15) is 4.79 Å². The van der Waals surface area contributed by atoms with Crippen LogP contribution < -0.4 is 10.9 Å². The molecule has 0 atom stereocenters. The van der Waals surface area contributed by atoms with Crippen LogP contribution in [0.2, 0.25) is 0 Å². The quantitative estimate of drug-likeness (QED) is 0.930. The lowest BCUT2D eigenvalue weighted by Gasteiger charge is -2.06. The lowest BCUT2D eigenvalue weighted by Crippen LogP contribution is -2.20. The number of halogens is 1. The van der Waals surface area contributed by atoms with Gasteiger partial charge in [-0.3, -0.25) is 4.79 Å². The molecule has 2 heterocycles. The zero-order chi connectivity index (χ0) is 13.4. The highest BCUT2D eigenvalue weighted by molar-refractivity contribution is 9.10. The molecular formula is C13H14BrN3OS. The van der Waals surface area contributed by atoms with Crippen LogP contribution in [0.15, 0.2) is 27.7 Å². The van der Waals surface area contributed by atoms with E-state index in [1.165, 1.54) is 22.7 Å². The van der Waals surface area contributed by atoms with Crippen molar-refractivity contribution in [1.29, 1.82) is 0 Å². The Kier molecular flexibility index (Phi) is 3.45. The van der Waals surface area contributed by atoms with Crippen LogP contribution >= 0.6 is 27.3 Å². The molecule has 4 nitrogen and oxygen atoms in total. The summed E-state index contributed by atoms with van der Waals surface area (Å²) in [5, 5.41) is 4.43. The third-order valence-electron chi connectivity index (χ3n) is 3.10. The van der Waals surface area contributed by atoms with Crippen LogP contribution in [-0.4, -0.2) is 9.55 Å². The maximum atomic E-state index is 11.9. The summed E-state index contributed by atoms with van der Waals surface area (Å²) >= 11 is 5.14. The van der Waals surface area contributed by atoms with Crippen molar-refractivity contribution in [3.8, 4) is 0 Å². The van der Waals surface area contributed by atoms with Gasteiger partial charge in [-0.05, 0) is 34.8 Å². The third-order valence-corrected chi connectivity index (χ3v) is 4.69. The van der Waals surface area contributed by atoms with Gasteiger partial charge in [0, 0.05) is 34.7 Å². The Labute approximate surface area is 123 Å². The molecule has 0 saturated heterocycles. The number of nitrogens with one attached hydrogen (secondary N) is 1. The predicted octanol–water partition coefficient (Wildman–Crippen LogP) is 3.09. The van der Waals surface area contributed by atoms with Crippen molar-refractivity contribution in [3.63, 3.8) is 0 Å². The molecule has 3 rings (SSSR count). The Morgan fingerprint density at radius 1 is 1.58 bits per heavy atom. The highest BCUT2D eigenvalue weighted by Crippen LogP contribution is 2.41. The van der Waals surface area contributed by atoms with Crippen LogP contribution in [0.1, 0.15) is 28.6 Å². The number of nitrogens with zero attached hydrogens (tertiary/aromatic N) is 2. The lowest BCUT2D eigenvalue weighted by atomic mass is 10.4. The Hall–Kier alpha value is -1.14. The molecule has 1 saturated carbocycles. The molecule has 2 aromatic heterocycles. The molecule has 1 aliphatic carbocycles. The molecule has 19 heavy (non-hydrogen) atoms. The molecule has 0 bridgehead atoms. The first-order valence-electron chi connectivity index (χ1n) is 6.18. The van der Waals surface area contributed by atoms with E-state index in [4.69, 9.17) is 0 Å². The Morgan fingerprint density at radius 2 is 2.37 bits per heavy atom. The van der Waals surface area contributed by atoms with Gasteiger partial charge in [0.25, 0.3) is 5.56 Å². The van der Waals surface area contributed by atoms with Gasteiger partial charge in [0.15, 0.2) is 0 Å². The first-order valence-corrected chi connectivity index (χ1v) is 7.79. The molecule has 1 N–H and O–H groups in total. The minimum atomic E-state index is -0.0184. The zero-order valence-corrected chi connectivity index (χ0v) is 12.9. The van der Waals surface area contributed by atoms with E-state index in [1.54, 1.807) is 29.1 Å². The SMILES string of the molecule is Cn1cc(Br)cc(NCc2cnc(C3CC3)s2)c1=O. The summed E-state index contributed by atoms with van der Waals surface area (Å²) in [5.74, 6) is 0.692. The van der Waals surface area contributed by atoms with Gasteiger partial charge in [0.2, 0.25) is 0 Å². The fourth-order valence-corrected chi connectivity index (χ4v) is 3.47. The van der Waals surface area contributed by atoms with Crippen LogP contribution in [-0.2, 0) is 13.6 Å². The average Bonchev–Trinajstić information content (AvgIpc) is 3.12. The summed E-state index contributed by atoms with van der Waals surface area (Å²) in [4.78, 5) is 17.5. The van der Waals surface area contributed by atoms with E-state index in [0.29, 0.717) is 18.2 Å². The highest BCUT2D eigenvalue weighted by atomic mass is 79.9. The molecule has 1 aliphatic rings. The van der Waals surface area contributed by atoms with Gasteiger partial charge in [-0.25, -0.2) is 4.98 Å². The Bertz CT molecular complexity index is 660. The van der Waals surface area contributed by atoms with Crippen LogP contribution in [0.5, 0.6) is 0 Å². The molecule has 0 spiro atoms. The molecule has 1 fully saturated rings. The number of anilines is 1. The van der Waals surface area contributed by atoms with E-state index in [2.05, 4.69) is 26.2 Å². The van der Waals surface area contributed by atoms with Gasteiger partial charge >= 0.3 is 0 Å². The van der Waals surface area contributed by atoms with Crippen molar-refractivity contribution < 1.29 is 0 Å². The van der Waals surface area contributed by atoms with Gasteiger partial charge in [-0.15, -0.1) is 11.3 Å². The van der Waals surface area contributed by atoms with E-state index in [0.717, 1.165) is 4.47 Å². The molecule has 0 aliphatic heterocycles. The van der Waals surface area contributed by atoms with Crippen LogP contribution in [0, 0.1) is 0 Å². The minimum Gasteiger partial charge on any atom is -0.376 e. The molecule has 100 valence electrons. The van der Waals surface area contributed by atoms with E-state index >= 15 is 0 Å². The number of rotatable bonds is 4. The van der Waals surface area contributed by atoms with Gasteiger partial charge in [-0.1, -0.05) is 0 Å². The number of hydrogen-bond acceptors (Lipinski definition) is 4. The average molecular weight is 340 g/mol. The molecular weight excluding hydrogens is 326 g/mol. The summed E-state index contributed by atoms with van der Waals surface area (Å²) in [6, 6.07) is 1.81. The fourth-order valence-electron chi connectivity index (χ4n) is 1.90. The molecule has 0 amide bonds. The largest absolute Gasteiger partial charge is 0.376 e. The Balaban J connectivity index is 1.72. The third kappa shape index (κ3) is 2.90.